The number of ether oxygens (including phenoxy) is 1. The van der Waals surface area contributed by atoms with Crippen LogP contribution in [0.1, 0.15) is 27.9 Å². The first-order valence-corrected chi connectivity index (χ1v) is 11.6. The topological polar surface area (TPSA) is 102 Å². The lowest BCUT2D eigenvalue weighted by Gasteiger charge is -2.11. The molecule has 9 heteroatoms. The molecule has 170 valence electrons. The molecule has 0 unspecified atom stereocenters. The number of hydrogen-bond donors (Lipinski definition) is 2. The lowest BCUT2D eigenvalue weighted by molar-refractivity contribution is -0.119. The van der Waals surface area contributed by atoms with E-state index in [1.54, 1.807) is 36.7 Å². The summed E-state index contributed by atoms with van der Waals surface area (Å²) < 4.78 is 7.01. The molecule has 2 amide bonds. The van der Waals surface area contributed by atoms with Crippen LogP contribution in [0.25, 0.3) is 0 Å². The Labute approximate surface area is 195 Å². The predicted octanol–water partition coefficient (Wildman–Crippen LogP) is 3.44. The summed E-state index contributed by atoms with van der Waals surface area (Å²) >= 11 is 1.29. The van der Waals surface area contributed by atoms with E-state index in [9.17, 15) is 14.4 Å². The number of fused-ring (bicyclic) bond motifs is 1. The van der Waals surface area contributed by atoms with Gasteiger partial charge in [0.15, 0.2) is 11.8 Å². The number of benzene rings is 2. The number of amides is 2. The molecule has 0 fully saturated rings. The monoisotopic (exact) mass is 464 g/mol. The van der Waals surface area contributed by atoms with E-state index < -0.39 is 18.5 Å². The van der Waals surface area contributed by atoms with Gasteiger partial charge in [-0.15, -0.1) is 0 Å². The zero-order chi connectivity index (χ0) is 23.2. The van der Waals surface area contributed by atoms with Crippen molar-refractivity contribution >= 4 is 40.9 Å². The molecule has 0 aliphatic heterocycles. The third-order valence-corrected chi connectivity index (χ3v) is 6.31. The number of carbonyl (C=O) groups excluding carboxylic acids is 3. The lowest BCUT2D eigenvalue weighted by Crippen LogP contribution is -2.22. The van der Waals surface area contributed by atoms with Gasteiger partial charge in [-0.1, -0.05) is 30.0 Å². The Morgan fingerprint density at radius 2 is 1.88 bits per heavy atom. The van der Waals surface area contributed by atoms with E-state index in [1.165, 1.54) is 22.9 Å². The van der Waals surface area contributed by atoms with E-state index in [0.717, 1.165) is 19.3 Å². The first-order chi connectivity index (χ1) is 16.0. The van der Waals surface area contributed by atoms with Crippen LogP contribution < -0.4 is 10.6 Å². The Kier molecular flexibility index (Phi) is 7.09. The first-order valence-electron chi connectivity index (χ1n) is 10.6. The molecule has 3 aromatic rings. The fraction of sp³-hybridized carbons (Fsp3) is 0.250. The number of para-hydroxylation sites is 1. The van der Waals surface area contributed by atoms with Crippen molar-refractivity contribution in [3.8, 4) is 0 Å². The van der Waals surface area contributed by atoms with Crippen molar-refractivity contribution in [3.05, 3.63) is 71.5 Å². The van der Waals surface area contributed by atoms with Crippen LogP contribution >= 0.6 is 11.8 Å². The summed E-state index contributed by atoms with van der Waals surface area (Å²) in [6.07, 6.45) is 6.66. The molecule has 1 aromatic heterocycles. The molecule has 2 N–H and O–H groups in total. The highest BCUT2D eigenvalue weighted by Crippen LogP contribution is 2.25. The average molecular weight is 465 g/mol. The number of nitrogens with zero attached hydrogens (tertiary/aromatic N) is 2. The quantitative estimate of drug-likeness (QED) is 0.391. The van der Waals surface area contributed by atoms with Gasteiger partial charge in [0, 0.05) is 25.1 Å². The van der Waals surface area contributed by atoms with Gasteiger partial charge in [0.2, 0.25) is 5.91 Å². The minimum atomic E-state index is -0.688. The van der Waals surface area contributed by atoms with Crippen molar-refractivity contribution in [2.75, 3.05) is 23.0 Å². The Morgan fingerprint density at radius 1 is 1.06 bits per heavy atom. The van der Waals surface area contributed by atoms with Crippen LogP contribution in [0, 0.1) is 0 Å². The van der Waals surface area contributed by atoms with Gasteiger partial charge in [0.1, 0.15) is 0 Å². The SMILES string of the molecule is Cn1ccnc1SCC(=O)Nc1ccccc1C(=O)OCC(=O)Nc1ccc2c(c1)CCC2. The van der Waals surface area contributed by atoms with E-state index >= 15 is 0 Å². The number of hydrogen-bond acceptors (Lipinski definition) is 6. The second-order valence-electron chi connectivity index (χ2n) is 7.66. The zero-order valence-corrected chi connectivity index (χ0v) is 19.0. The van der Waals surface area contributed by atoms with Gasteiger partial charge in [-0.05, 0) is 54.7 Å². The molecule has 0 bridgehead atoms. The van der Waals surface area contributed by atoms with Crippen molar-refractivity contribution in [1.29, 1.82) is 0 Å². The van der Waals surface area contributed by atoms with Crippen LogP contribution in [0.5, 0.6) is 0 Å². The van der Waals surface area contributed by atoms with E-state index in [0.29, 0.717) is 16.5 Å². The maximum atomic E-state index is 12.6. The Hall–Kier alpha value is -3.59. The van der Waals surface area contributed by atoms with Gasteiger partial charge in [-0.2, -0.15) is 0 Å². The fourth-order valence-electron chi connectivity index (χ4n) is 3.63. The second-order valence-corrected chi connectivity index (χ2v) is 8.61. The minimum Gasteiger partial charge on any atom is -0.452 e. The number of carbonyl (C=O) groups is 3. The molecule has 8 nitrogen and oxygen atoms in total. The predicted molar refractivity (Wildman–Crippen MR) is 126 cm³/mol. The lowest BCUT2D eigenvalue weighted by atomic mass is 10.1. The molecular formula is C24H24N4O4S. The number of rotatable bonds is 8. The largest absolute Gasteiger partial charge is 0.452 e. The van der Waals surface area contributed by atoms with Gasteiger partial charge < -0.3 is 19.9 Å². The van der Waals surface area contributed by atoms with Crippen LogP contribution in [0.2, 0.25) is 0 Å². The Morgan fingerprint density at radius 3 is 2.70 bits per heavy atom. The van der Waals surface area contributed by atoms with Gasteiger partial charge in [0.05, 0.1) is 17.0 Å². The maximum absolute atomic E-state index is 12.6. The van der Waals surface area contributed by atoms with Gasteiger partial charge in [-0.3, -0.25) is 9.59 Å². The summed E-state index contributed by atoms with van der Waals surface area (Å²) in [6.45, 7) is -0.423. The van der Waals surface area contributed by atoms with Crippen molar-refractivity contribution in [1.82, 2.24) is 9.55 Å². The summed E-state index contributed by atoms with van der Waals surface area (Å²) in [5, 5.41) is 6.20. The number of nitrogens with one attached hydrogen (secondary N) is 2. The van der Waals surface area contributed by atoms with E-state index in [1.807, 2.05) is 29.8 Å². The van der Waals surface area contributed by atoms with Crippen molar-refractivity contribution in [2.45, 2.75) is 24.4 Å². The minimum absolute atomic E-state index is 0.136. The van der Waals surface area contributed by atoms with E-state index in [-0.39, 0.29) is 17.2 Å². The van der Waals surface area contributed by atoms with Crippen LogP contribution in [-0.4, -0.2) is 39.7 Å². The molecule has 1 aliphatic carbocycles. The van der Waals surface area contributed by atoms with Crippen molar-refractivity contribution < 1.29 is 19.1 Å². The highest BCUT2D eigenvalue weighted by Gasteiger charge is 2.17. The smallest absolute Gasteiger partial charge is 0.340 e. The molecule has 1 aliphatic rings. The second kappa shape index (κ2) is 10.4. The van der Waals surface area contributed by atoms with Crippen molar-refractivity contribution in [2.24, 2.45) is 7.05 Å². The number of aryl methyl sites for hydroxylation is 3. The fourth-order valence-corrected chi connectivity index (χ4v) is 4.37. The zero-order valence-electron chi connectivity index (χ0n) is 18.2. The van der Waals surface area contributed by atoms with Crippen molar-refractivity contribution in [3.63, 3.8) is 0 Å². The third-order valence-electron chi connectivity index (χ3n) is 5.25. The standard InChI is InChI=1S/C24H24N4O4S/c1-28-12-11-25-24(28)33-15-22(30)27-20-8-3-2-7-19(20)23(31)32-14-21(29)26-18-10-9-16-5-4-6-17(16)13-18/h2-3,7-13H,4-6,14-15H2,1H3,(H,26,29)(H,27,30). The summed E-state index contributed by atoms with van der Waals surface area (Å²) in [5.74, 6) is -1.25. The van der Waals surface area contributed by atoms with Gasteiger partial charge in [-0.25, -0.2) is 9.78 Å². The molecule has 0 saturated heterocycles. The number of imidazole rings is 1. The third kappa shape index (κ3) is 5.81. The maximum Gasteiger partial charge on any atom is 0.340 e. The van der Waals surface area contributed by atoms with E-state index in [2.05, 4.69) is 15.6 Å². The molecule has 0 saturated carbocycles. The molecule has 2 aromatic carbocycles. The van der Waals surface area contributed by atoms with Crippen LogP contribution in [0.4, 0.5) is 11.4 Å². The molecule has 33 heavy (non-hydrogen) atoms. The molecule has 1 heterocycles. The highest BCUT2D eigenvalue weighted by molar-refractivity contribution is 7.99. The highest BCUT2D eigenvalue weighted by atomic mass is 32.2. The van der Waals surface area contributed by atoms with Gasteiger partial charge >= 0.3 is 5.97 Å². The summed E-state index contributed by atoms with van der Waals surface area (Å²) in [5.41, 5.74) is 3.76. The molecule has 0 radical (unpaired) electrons. The summed E-state index contributed by atoms with van der Waals surface area (Å²) in [4.78, 5) is 41.4. The number of thioether (sulfide) groups is 1. The number of esters is 1. The number of aromatic nitrogens is 2. The molecular weight excluding hydrogens is 440 g/mol. The van der Waals surface area contributed by atoms with Gasteiger partial charge in [0.25, 0.3) is 5.91 Å². The molecule has 0 spiro atoms. The molecule has 0 atom stereocenters. The van der Waals surface area contributed by atoms with Crippen LogP contribution in [-0.2, 0) is 34.2 Å². The first kappa shape index (κ1) is 22.6. The Bertz CT molecular complexity index is 1190. The average Bonchev–Trinajstić information content (AvgIpc) is 3.44. The van der Waals surface area contributed by atoms with E-state index in [4.69, 9.17) is 4.74 Å². The number of anilines is 2. The Balaban J connectivity index is 1.30. The van der Waals surface area contributed by atoms with Crippen LogP contribution in [0.3, 0.4) is 0 Å². The summed E-state index contributed by atoms with van der Waals surface area (Å²) in [6, 6.07) is 12.4. The summed E-state index contributed by atoms with van der Waals surface area (Å²) in [7, 11) is 1.85. The van der Waals surface area contributed by atoms with Crippen LogP contribution in [0.15, 0.2) is 60.0 Å². The normalized spacial score (nSPS) is 12.2. The molecule has 4 rings (SSSR count).